The number of carbonyl (C=O) groups is 1. The molecule has 1 saturated heterocycles. The van der Waals surface area contributed by atoms with Gasteiger partial charge in [-0.05, 0) is 42.7 Å². The van der Waals surface area contributed by atoms with Crippen molar-refractivity contribution in [3.05, 3.63) is 45.9 Å². The highest BCUT2D eigenvalue weighted by atomic mass is 32.1. The van der Waals surface area contributed by atoms with Crippen LogP contribution < -0.4 is 0 Å². The van der Waals surface area contributed by atoms with Crippen molar-refractivity contribution in [2.75, 3.05) is 13.1 Å². The zero-order valence-corrected chi connectivity index (χ0v) is 12.5. The van der Waals surface area contributed by atoms with E-state index in [4.69, 9.17) is 0 Å². The summed E-state index contributed by atoms with van der Waals surface area (Å²) in [6.45, 7) is 2.96. The minimum atomic E-state index is -0.411. The Balaban J connectivity index is 1.87. The number of hydrogen-bond donors (Lipinski definition) is 1. The van der Waals surface area contributed by atoms with Crippen molar-refractivity contribution >= 4 is 17.2 Å². The first-order valence-electron chi connectivity index (χ1n) is 6.88. The summed E-state index contributed by atoms with van der Waals surface area (Å²) in [7, 11) is 0. The quantitative estimate of drug-likeness (QED) is 0.926. The number of halogens is 1. The average Bonchev–Trinajstić information content (AvgIpc) is 3.05. The van der Waals surface area contributed by atoms with Crippen molar-refractivity contribution in [3.63, 3.8) is 0 Å². The van der Waals surface area contributed by atoms with Gasteiger partial charge in [0.15, 0.2) is 0 Å². The molecule has 21 heavy (non-hydrogen) atoms. The first-order chi connectivity index (χ1) is 10.0. The van der Waals surface area contributed by atoms with Crippen LogP contribution in [0.4, 0.5) is 4.39 Å². The number of aliphatic hydroxyl groups is 1. The number of β-amino-alcohol motifs (C(OH)–C–C–N with tert-alkyl or cyclic N) is 1. The van der Waals surface area contributed by atoms with Gasteiger partial charge in [-0.25, -0.2) is 4.39 Å². The lowest BCUT2D eigenvalue weighted by Crippen LogP contribution is -2.28. The van der Waals surface area contributed by atoms with Gasteiger partial charge in [0, 0.05) is 18.0 Å². The predicted octanol–water partition coefficient (Wildman–Crippen LogP) is 3.07. The van der Waals surface area contributed by atoms with E-state index in [0.717, 1.165) is 16.0 Å². The van der Waals surface area contributed by atoms with Crippen molar-refractivity contribution in [2.24, 2.45) is 0 Å². The third-order valence-electron chi connectivity index (χ3n) is 3.73. The van der Waals surface area contributed by atoms with Crippen molar-refractivity contribution < 1.29 is 14.3 Å². The smallest absolute Gasteiger partial charge is 0.264 e. The molecule has 2 aromatic rings. The Hall–Kier alpha value is -1.72. The molecule has 0 spiro atoms. The first kappa shape index (κ1) is 14.2. The van der Waals surface area contributed by atoms with E-state index >= 15 is 0 Å². The Kier molecular flexibility index (Phi) is 3.78. The Morgan fingerprint density at radius 1 is 1.38 bits per heavy atom. The van der Waals surface area contributed by atoms with E-state index in [2.05, 4.69) is 0 Å². The number of nitrogens with zero attached hydrogens (tertiary/aromatic N) is 1. The molecule has 0 unspecified atom stereocenters. The monoisotopic (exact) mass is 305 g/mol. The first-order valence-corrected chi connectivity index (χ1v) is 7.70. The Morgan fingerprint density at radius 2 is 2.10 bits per heavy atom. The summed E-state index contributed by atoms with van der Waals surface area (Å²) in [4.78, 5) is 15.8. The summed E-state index contributed by atoms with van der Waals surface area (Å²) in [6.07, 6.45) is 0.229. The summed E-state index contributed by atoms with van der Waals surface area (Å²) in [5.41, 5.74) is 1.87. The van der Waals surface area contributed by atoms with Crippen LogP contribution in [0.15, 0.2) is 30.3 Å². The van der Waals surface area contributed by atoms with Crippen LogP contribution in [0.2, 0.25) is 0 Å². The van der Waals surface area contributed by atoms with Crippen LogP contribution in [0.5, 0.6) is 0 Å². The summed E-state index contributed by atoms with van der Waals surface area (Å²) in [5, 5.41) is 9.53. The summed E-state index contributed by atoms with van der Waals surface area (Å²) in [6, 6.07) is 8.15. The molecule has 1 aromatic carbocycles. The fourth-order valence-electron chi connectivity index (χ4n) is 2.59. The van der Waals surface area contributed by atoms with Gasteiger partial charge in [-0.1, -0.05) is 12.1 Å². The van der Waals surface area contributed by atoms with Crippen LogP contribution in [-0.2, 0) is 0 Å². The third-order valence-corrected chi connectivity index (χ3v) is 4.77. The Labute approximate surface area is 126 Å². The normalized spacial score (nSPS) is 18.2. The van der Waals surface area contributed by atoms with Crippen molar-refractivity contribution in [3.8, 4) is 11.1 Å². The summed E-state index contributed by atoms with van der Waals surface area (Å²) < 4.78 is 13.0. The number of likely N-dealkylation sites (tertiary alicyclic amines) is 1. The maximum atomic E-state index is 13.0. The average molecular weight is 305 g/mol. The van der Waals surface area contributed by atoms with E-state index < -0.39 is 6.10 Å². The van der Waals surface area contributed by atoms with Crippen LogP contribution in [0.3, 0.4) is 0 Å². The molecule has 0 aliphatic carbocycles. The molecule has 1 aliphatic rings. The van der Waals surface area contributed by atoms with E-state index in [9.17, 15) is 14.3 Å². The molecule has 3 rings (SSSR count). The molecule has 0 radical (unpaired) electrons. The molecule has 0 saturated carbocycles. The van der Waals surface area contributed by atoms with Gasteiger partial charge in [0.1, 0.15) is 5.82 Å². The molecule has 1 aliphatic heterocycles. The van der Waals surface area contributed by atoms with Gasteiger partial charge in [-0.15, -0.1) is 11.3 Å². The predicted molar refractivity (Wildman–Crippen MR) is 81.0 cm³/mol. The second kappa shape index (κ2) is 5.58. The van der Waals surface area contributed by atoms with Crippen LogP contribution in [0.1, 0.15) is 21.0 Å². The molecule has 2 heterocycles. The molecule has 110 valence electrons. The van der Waals surface area contributed by atoms with Gasteiger partial charge < -0.3 is 10.0 Å². The molecular weight excluding hydrogens is 289 g/mol. The zero-order valence-electron chi connectivity index (χ0n) is 11.7. The topological polar surface area (TPSA) is 40.5 Å². The van der Waals surface area contributed by atoms with E-state index in [-0.39, 0.29) is 11.7 Å². The Bertz CT molecular complexity index is 665. The van der Waals surface area contributed by atoms with Gasteiger partial charge >= 0.3 is 0 Å². The van der Waals surface area contributed by atoms with Crippen LogP contribution in [-0.4, -0.2) is 35.1 Å². The number of benzene rings is 1. The lowest BCUT2D eigenvalue weighted by atomic mass is 10.1. The standard InChI is InChI=1S/C16H16FNO2S/c1-10-14(11-2-4-12(17)5-3-11)8-15(21-10)16(20)18-7-6-13(19)9-18/h2-5,8,13,19H,6-7,9H2,1H3/t13-/m1/s1. The number of thiophene rings is 1. The molecule has 1 fully saturated rings. The fraction of sp³-hybridized carbons (Fsp3) is 0.312. The molecule has 0 bridgehead atoms. The second-order valence-electron chi connectivity index (χ2n) is 5.28. The molecule has 1 amide bonds. The number of amides is 1. The van der Waals surface area contributed by atoms with Crippen molar-refractivity contribution in [2.45, 2.75) is 19.4 Å². The molecule has 3 nitrogen and oxygen atoms in total. The van der Waals surface area contributed by atoms with Gasteiger partial charge in [0.2, 0.25) is 0 Å². The number of aryl methyl sites for hydroxylation is 1. The largest absolute Gasteiger partial charge is 0.391 e. The SMILES string of the molecule is Cc1sc(C(=O)N2CC[C@@H](O)C2)cc1-c1ccc(F)cc1. The molecular formula is C16H16FNO2S. The Morgan fingerprint density at radius 3 is 2.71 bits per heavy atom. The van der Waals surface area contributed by atoms with E-state index in [0.29, 0.717) is 24.4 Å². The molecule has 5 heteroatoms. The van der Waals surface area contributed by atoms with Crippen LogP contribution in [0, 0.1) is 12.7 Å². The summed E-state index contributed by atoms with van der Waals surface area (Å²) >= 11 is 1.44. The highest BCUT2D eigenvalue weighted by molar-refractivity contribution is 7.14. The molecule has 1 N–H and O–H groups in total. The second-order valence-corrected chi connectivity index (χ2v) is 6.54. The molecule has 1 aromatic heterocycles. The van der Waals surface area contributed by atoms with Gasteiger partial charge in [0.05, 0.1) is 11.0 Å². The number of rotatable bonds is 2. The van der Waals surface area contributed by atoms with Gasteiger partial charge in [-0.2, -0.15) is 0 Å². The zero-order chi connectivity index (χ0) is 15.0. The highest BCUT2D eigenvalue weighted by Gasteiger charge is 2.26. The maximum Gasteiger partial charge on any atom is 0.264 e. The lowest BCUT2D eigenvalue weighted by molar-refractivity contribution is 0.0769. The number of hydrogen-bond acceptors (Lipinski definition) is 3. The minimum absolute atomic E-state index is 0.0342. The lowest BCUT2D eigenvalue weighted by Gasteiger charge is -2.13. The third kappa shape index (κ3) is 2.84. The van der Waals surface area contributed by atoms with E-state index in [1.54, 1.807) is 17.0 Å². The van der Waals surface area contributed by atoms with E-state index in [1.807, 2.05) is 13.0 Å². The van der Waals surface area contributed by atoms with Crippen LogP contribution in [0.25, 0.3) is 11.1 Å². The van der Waals surface area contributed by atoms with Crippen molar-refractivity contribution in [1.82, 2.24) is 4.90 Å². The number of carbonyl (C=O) groups excluding carboxylic acids is 1. The maximum absolute atomic E-state index is 13.0. The summed E-state index contributed by atoms with van der Waals surface area (Å²) in [5.74, 6) is -0.304. The number of aliphatic hydroxyl groups excluding tert-OH is 1. The van der Waals surface area contributed by atoms with E-state index in [1.165, 1.54) is 23.5 Å². The van der Waals surface area contributed by atoms with Crippen molar-refractivity contribution in [1.29, 1.82) is 0 Å². The molecule has 1 atom stereocenters. The fourth-order valence-corrected chi connectivity index (χ4v) is 3.60. The van der Waals surface area contributed by atoms with Gasteiger partial charge in [-0.3, -0.25) is 4.79 Å². The highest BCUT2D eigenvalue weighted by Crippen LogP contribution is 2.32. The van der Waals surface area contributed by atoms with Crippen LogP contribution >= 0.6 is 11.3 Å². The van der Waals surface area contributed by atoms with Gasteiger partial charge in [0.25, 0.3) is 5.91 Å². The minimum Gasteiger partial charge on any atom is -0.391 e.